The summed E-state index contributed by atoms with van der Waals surface area (Å²) in [6.45, 7) is 2.62. The highest BCUT2D eigenvalue weighted by atomic mass is 19.1. The molecule has 0 atom stereocenters. The fourth-order valence-electron chi connectivity index (χ4n) is 1.84. The van der Waals surface area contributed by atoms with Crippen LogP contribution in [0.2, 0.25) is 0 Å². The largest absolute Gasteiger partial charge is 0.494 e. The third-order valence-electron chi connectivity index (χ3n) is 2.87. The van der Waals surface area contributed by atoms with Crippen LogP contribution >= 0.6 is 0 Å². The van der Waals surface area contributed by atoms with Crippen molar-refractivity contribution in [2.45, 2.75) is 13.3 Å². The van der Waals surface area contributed by atoms with Crippen molar-refractivity contribution in [3.8, 4) is 11.5 Å². The Morgan fingerprint density at radius 1 is 1.09 bits per heavy atom. The topological polar surface area (TPSA) is 47.6 Å². The van der Waals surface area contributed by atoms with Gasteiger partial charge in [-0.2, -0.15) is 0 Å². The van der Waals surface area contributed by atoms with Gasteiger partial charge in [0.2, 0.25) is 5.91 Å². The number of para-hydroxylation sites is 1. The van der Waals surface area contributed by atoms with E-state index in [1.54, 1.807) is 36.4 Å². The van der Waals surface area contributed by atoms with E-state index in [0.717, 1.165) is 5.75 Å². The van der Waals surface area contributed by atoms with Crippen molar-refractivity contribution in [3.63, 3.8) is 0 Å². The summed E-state index contributed by atoms with van der Waals surface area (Å²) in [7, 11) is 0. The van der Waals surface area contributed by atoms with Crippen LogP contribution in [-0.2, 0) is 4.79 Å². The molecule has 2 rings (SSSR count). The number of anilines is 1. The number of benzene rings is 2. The van der Waals surface area contributed by atoms with Gasteiger partial charge in [-0.05, 0) is 43.3 Å². The molecule has 22 heavy (non-hydrogen) atoms. The van der Waals surface area contributed by atoms with Crippen molar-refractivity contribution >= 4 is 11.6 Å². The molecule has 4 nitrogen and oxygen atoms in total. The van der Waals surface area contributed by atoms with Gasteiger partial charge in [-0.1, -0.05) is 12.1 Å². The summed E-state index contributed by atoms with van der Waals surface area (Å²) in [5.41, 5.74) is 0.680. The van der Waals surface area contributed by atoms with Crippen LogP contribution in [0.15, 0.2) is 48.5 Å². The second-order valence-corrected chi connectivity index (χ2v) is 4.53. The van der Waals surface area contributed by atoms with E-state index in [-0.39, 0.29) is 24.7 Å². The zero-order chi connectivity index (χ0) is 15.8. The SMILES string of the molecule is CCOc1ccc(NC(=O)CCOc2ccccc2F)cc1. The third kappa shape index (κ3) is 4.77. The Morgan fingerprint density at radius 3 is 2.50 bits per heavy atom. The molecule has 0 radical (unpaired) electrons. The summed E-state index contributed by atoms with van der Waals surface area (Å²) in [6, 6.07) is 13.2. The predicted molar refractivity (Wildman–Crippen MR) is 82.8 cm³/mol. The maximum Gasteiger partial charge on any atom is 0.227 e. The number of halogens is 1. The Balaban J connectivity index is 1.77. The lowest BCUT2D eigenvalue weighted by Crippen LogP contribution is -2.15. The van der Waals surface area contributed by atoms with Gasteiger partial charge >= 0.3 is 0 Å². The molecule has 0 aliphatic heterocycles. The van der Waals surface area contributed by atoms with Crippen molar-refractivity contribution in [2.24, 2.45) is 0 Å². The minimum atomic E-state index is -0.436. The molecule has 2 aromatic rings. The molecular formula is C17H18FNO3. The summed E-state index contributed by atoms with van der Waals surface area (Å²) >= 11 is 0. The third-order valence-corrected chi connectivity index (χ3v) is 2.87. The van der Waals surface area contributed by atoms with Crippen LogP contribution in [0.3, 0.4) is 0 Å². The van der Waals surface area contributed by atoms with Crippen LogP contribution in [0.5, 0.6) is 11.5 Å². The molecule has 0 spiro atoms. The van der Waals surface area contributed by atoms with Crippen LogP contribution in [0.25, 0.3) is 0 Å². The number of carbonyl (C=O) groups excluding carboxylic acids is 1. The predicted octanol–water partition coefficient (Wildman–Crippen LogP) is 3.63. The van der Waals surface area contributed by atoms with E-state index in [1.165, 1.54) is 12.1 Å². The first-order valence-corrected chi connectivity index (χ1v) is 7.09. The monoisotopic (exact) mass is 303 g/mol. The Kier molecular flexibility index (Phi) is 5.77. The summed E-state index contributed by atoms with van der Waals surface area (Å²) in [5, 5.41) is 2.74. The normalized spacial score (nSPS) is 10.1. The van der Waals surface area contributed by atoms with Crippen LogP contribution < -0.4 is 14.8 Å². The molecule has 0 unspecified atom stereocenters. The summed E-state index contributed by atoms with van der Waals surface area (Å²) in [6.07, 6.45) is 0.140. The van der Waals surface area contributed by atoms with Gasteiger partial charge in [-0.15, -0.1) is 0 Å². The van der Waals surface area contributed by atoms with Crippen LogP contribution in [0.1, 0.15) is 13.3 Å². The molecule has 0 heterocycles. The van der Waals surface area contributed by atoms with Crippen LogP contribution in [-0.4, -0.2) is 19.1 Å². The van der Waals surface area contributed by atoms with E-state index in [9.17, 15) is 9.18 Å². The van der Waals surface area contributed by atoms with Crippen molar-refractivity contribution in [1.29, 1.82) is 0 Å². The number of hydrogen-bond donors (Lipinski definition) is 1. The van der Waals surface area contributed by atoms with Gasteiger partial charge < -0.3 is 14.8 Å². The molecule has 5 heteroatoms. The molecule has 0 aliphatic carbocycles. The lowest BCUT2D eigenvalue weighted by Gasteiger charge is -2.08. The maximum atomic E-state index is 13.3. The average molecular weight is 303 g/mol. The molecule has 0 fully saturated rings. The second kappa shape index (κ2) is 8.02. The lowest BCUT2D eigenvalue weighted by atomic mass is 10.3. The first-order valence-electron chi connectivity index (χ1n) is 7.09. The van der Waals surface area contributed by atoms with Crippen molar-refractivity contribution in [3.05, 3.63) is 54.3 Å². The van der Waals surface area contributed by atoms with E-state index < -0.39 is 5.82 Å². The van der Waals surface area contributed by atoms with Gasteiger partial charge in [0, 0.05) is 5.69 Å². The first kappa shape index (κ1) is 15.8. The highest BCUT2D eigenvalue weighted by Gasteiger charge is 2.05. The first-order chi connectivity index (χ1) is 10.7. The summed E-state index contributed by atoms with van der Waals surface area (Å²) < 4.78 is 23.9. The average Bonchev–Trinajstić information content (AvgIpc) is 2.51. The maximum absolute atomic E-state index is 13.3. The summed E-state index contributed by atoms with van der Waals surface area (Å²) in [4.78, 5) is 11.8. The Bertz CT molecular complexity index is 614. The lowest BCUT2D eigenvalue weighted by molar-refractivity contribution is -0.116. The van der Waals surface area contributed by atoms with E-state index in [4.69, 9.17) is 9.47 Å². The number of carbonyl (C=O) groups is 1. The molecule has 0 saturated heterocycles. The molecule has 2 aromatic carbocycles. The van der Waals surface area contributed by atoms with E-state index in [0.29, 0.717) is 12.3 Å². The number of rotatable bonds is 7. The standard InChI is InChI=1S/C17H18FNO3/c1-2-21-14-9-7-13(8-10-14)19-17(20)11-12-22-16-6-4-3-5-15(16)18/h3-10H,2,11-12H2,1H3,(H,19,20). The number of nitrogens with one attached hydrogen (secondary N) is 1. The highest BCUT2D eigenvalue weighted by Crippen LogP contribution is 2.17. The Labute approximate surface area is 128 Å². The van der Waals surface area contributed by atoms with Gasteiger partial charge in [-0.25, -0.2) is 4.39 Å². The van der Waals surface area contributed by atoms with Crippen LogP contribution in [0.4, 0.5) is 10.1 Å². The van der Waals surface area contributed by atoms with Gasteiger partial charge in [0.1, 0.15) is 5.75 Å². The zero-order valence-electron chi connectivity index (χ0n) is 12.3. The van der Waals surface area contributed by atoms with E-state index in [1.807, 2.05) is 6.92 Å². The number of amides is 1. The molecule has 0 saturated carbocycles. The quantitative estimate of drug-likeness (QED) is 0.849. The minimum Gasteiger partial charge on any atom is -0.494 e. The smallest absolute Gasteiger partial charge is 0.227 e. The molecule has 1 amide bonds. The summed E-state index contributed by atoms with van der Waals surface area (Å²) in [5.74, 6) is 0.273. The zero-order valence-corrected chi connectivity index (χ0v) is 12.3. The van der Waals surface area contributed by atoms with Crippen molar-refractivity contribution in [2.75, 3.05) is 18.5 Å². The fraction of sp³-hybridized carbons (Fsp3) is 0.235. The van der Waals surface area contributed by atoms with Gasteiger partial charge in [0.15, 0.2) is 11.6 Å². The van der Waals surface area contributed by atoms with Gasteiger partial charge in [0.25, 0.3) is 0 Å². The van der Waals surface area contributed by atoms with E-state index >= 15 is 0 Å². The Morgan fingerprint density at radius 2 is 1.82 bits per heavy atom. The minimum absolute atomic E-state index is 0.115. The van der Waals surface area contributed by atoms with Crippen molar-refractivity contribution < 1.29 is 18.7 Å². The molecule has 116 valence electrons. The molecule has 0 aliphatic rings. The van der Waals surface area contributed by atoms with Gasteiger partial charge in [-0.3, -0.25) is 4.79 Å². The number of hydrogen-bond acceptors (Lipinski definition) is 3. The fourth-order valence-corrected chi connectivity index (χ4v) is 1.84. The van der Waals surface area contributed by atoms with Crippen molar-refractivity contribution in [1.82, 2.24) is 0 Å². The highest BCUT2D eigenvalue weighted by molar-refractivity contribution is 5.90. The number of ether oxygens (including phenoxy) is 2. The molecule has 0 aromatic heterocycles. The Hall–Kier alpha value is -2.56. The molecular weight excluding hydrogens is 285 g/mol. The molecule has 1 N–H and O–H groups in total. The molecule has 0 bridgehead atoms. The van der Waals surface area contributed by atoms with E-state index in [2.05, 4.69) is 5.32 Å². The van der Waals surface area contributed by atoms with Gasteiger partial charge in [0.05, 0.1) is 19.6 Å². The second-order valence-electron chi connectivity index (χ2n) is 4.53. The van der Waals surface area contributed by atoms with Crippen LogP contribution in [0, 0.1) is 5.82 Å².